The van der Waals surface area contributed by atoms with Crippen molar-refractivity contribution < 1.29 is 14.4 Å². The molecule has 0 fully saturated rings. The van der Waals surface area contributed by atoms with E-state index in [2.05, 4.69) is 20.8 Å². The van der Waals surface area contributed by atoms with E-state index in [0.29, 0.717) is 86.4 Å². The number of primary amides is 1. The molecule has 1 aliphatic heterocycles. The lowest BCUT2D eigenvalue weighted by Gasteiger charge is -2.13. The Labute approximate surface area is 294 Å². The van der Waals surface area contributed by atoms with Crippen LogP contribution in [-0.2, 0) is 39.1 Å². The molecule has 6 aromatic rings. The van der Waals surface area contributed by atoms with Gasteiger partial charge in [0.1, 0.15) is 11.4 Å². The Hall–Kier alpha value is -5.83. The molecule has 1 aliphatic rings. The van der Waals surface area contributed by atoms with Gasteiger partial charge in [0, 0.05) is 50.0 Å². The summed E-state index contributed by atoms with van der Waals surface area (Å²) in [6.45, 7) is 6.37. The van der Waals surface area contributed by atoms with Gasteiger partial charge in [-0.15, -0.1) is 0 Å². The van der Waals surface area contributed by atoms with Gasteiger partial charge in [-0.1, -0.05) is 18.6 Å². The SMILES string of the molecule is CCn1nc(C)c2c1C(=O)Nc1nc3cc(C(N)=O)ccc3n1CCCCn1c(nc3c(CN)cccc31)NC(=O)c1ccnn1CCCCC2. The van der Waals surface area contributed by atoms with Gasteiger partial charge in [0.2, 0.25) is 17.8 Å². The van der Waals surface area contributed by atoms with Crippen LogP contribution >= 0.6 is 0 Å². The van der Waals surface area contributed by atoms with Crippen LogP contribution < -0.4 is 22.1 Å². The summed E-state index contributed by atoms with van der Waals surface area (Å²) in [6.07, 6.45) is 6.17. The van der Waals surface area contributed by atoms with Crippen molar-refractivity contribution in [1.82, 2.24) is 38.7 Å². The monoisotopic (exact) mass is 690 g/mol. The topological polar surface area (TPSA) is 199 Å². The van der Waals surface area contributed by atoms with Crippen LogP contribution in [0.5, 0.6) is 0 Å². The van der Waals surface area contributed by atoms with Crippen molar-refractivity contribution in [2.24, 2.45) is 11.5 Å². The molecule has 0 aliphatic carbocycles. The molecule has 0 atom stereocenters. The number of aromatic nitrogens is 8. The van der Waals surface area contributed by atoms with E-state index >= 15 is 0 Å². The molecule has 15 heteroatoms. The standard InChI is InChI=1S/C36H42N12O3/c1-3-47-31-25(22(2)44-47)11-5-4-6-19-48-29(15-16-39-48)33(50)42-36-41-30-24(21-37)10-9-12-28(30)46(36)18-8-7-17-45-27-14-13-23(32(38)49)20-26(27)40-35(45)43-34(31)51/h9-10,12-16,20H,3-8,11,17-19,21,37H2,1-2H3,(H2,38,49)(H,40,43,51)(H,41,42,50). The molecule has 0 saturated carbocycles. The van der Waals surface area contributed by atoms with Gasteiger partial charge in [0.15, 0.2) is 0 Å². The van der Waals surface area contributed by atoms with Crippen molar-refractivity contribution >= 4 is 51.7 Å². The van der Waals surface area contributed by atoms with Gasteiger partial charge in [0.05, 0.1) is 27.8 Å². The number of fused-ring (bicyclic) bond motifs is 8. The lowest BCUT2D eigenvalue weighted by Crippen LogP contribution is -2.21. The van der Waals surface area contributed by atoms with Crippen LogP contribution in [0.3, 0.4) is 0 Å². The number of imidazole rings is 2. The van der Waals surface area contributed by atoms with Crippen molar-refractivity contribution in [3.63, 3.8) is 0 Å². The first-order chi connectivity index (χ1) is 24.8. The minimum Gasteiger partial charge on any atom is -0.366 e. The summed E-state index contributed by atoms with van der Waals surface area (Å²) in [6, 6.07) is 12.7. The maximum absolute atomic E-state index is 14.1. The van der Waals surface area contributed by atoms with Crippen molar-refractivity contribution in [3.8, 4) is 0 Å². The molecule has 264 valence electrons. The fourth-order valence-electron chi connectivity index (χ4n) is 7.01. The van der Waals surface area contributed by atoms with E-state index in [-0.39, 0.29) is 11.8 Å². The molecule has 0 radical (unpaired) electrons. The molecule has 4 aromatic heterocycles. The number of anilines is 2. The summed E-state index contributed by atoms with van der Waals surface area (Å²) in [5, 5.41) is 15.3. The van der Waals surface area contributed by atoms with Gasteiger partial charge in [0.25, 0.3) is 11.8 Å². The third-order valence-electron chi connectivity index (χ3n) is 9.59. The van der Waals surface area contributed by atoms with Crippen LogP contribution in [0, 0.1) is 6.92 Å². The third kappa shape index (κ3) is 6.47. The van der Waals surface area contributed by atoms with E-state index in [9.17, 15) is 14.4 Å². The quantitative estimate of drug-likeness (QED) is 0.210. The molecule has 6 N–H and O–H groups in total. The predicted octanol–water partition coefficient (Wildman–Crippen LogP) is 4.38. The molecule has 0 bridgehead atoms. The zero-order chi connectivity index (χ0) is 35.6. The summed E-state index contributed by atoms with van der Waals surface area (Å²) in [5.41, 5.74) is 18.5. The number of benzene rings is 2. The van der Waals surface area contributed by atoms with Crippen LogP contribution in [0.15, 0.2) is 48.7 Å². The Morgan fingerprint density at radius 2 is 1.63 bits per heavy atom. The highest BCUT2D eigenvalue weighted by Crippen LogP contribution is 2.27. The Kier molecular flexibility index (Phi) is 9.36. The van der Waals surface area contributed by atoms with Crippen LogP contribution in [0.2, 0.25) is 0 Å². The molecule has 0 spiro atoms. The highest BCUT2D eigenvalue weighted by molar-refractivity contribution is 6.05. The normalized spacial score (nSPS) is 15.0. The summed E-state index contributed by atoms with van der Waals surface area (Å²) < 4.78 is 7.44. The number of aryl methyl sites for hydroxylation is 5. The van der Waals surface area contributed by atoms with Gasteiger partial charge >= 0.3 is 0 Å². The summed E-state index contributed by atoms with van der Waals surface area (Å²) >= 11 is 0. The van der Waals surface area contributed by atoms with E-state index in [4.69, 9.17) is 21.4 Å². The Morgan fingerprint density at radius 1 is 0.882 bits per heavy atom. The van der Waals surface area contributed by atoms with Crippen molar-refractivity contribution in [2.45, 2.75) is 85.1 Å². The number of carbonyl (C=O) groups excluding carboxylic acids is 3. The van der Waals surface area contributed by atoms with E-state index < -0.39 is 5.91 Å². The summed E-state index contributed by atoms with van der Waals surface area (Å²) in [4.78, 5) is 49.4. The van der Waals surface area contributed by atoms with Crippen LogP contribution in [-0.4, -0.2) is 56.4 Å². The molecular formula is C36H42N12O3. The molecule has 2 aromatic carbocycles. The Balaban J connectivity index is 1.27. The molecule has 15 nitrogen and oxygen atoms in total. The third-order valence-corrected chi connectivity index (χ3v) is 9.59. The number of nitrogens with zero attached hydrogens (tertiary/aromatic N) is 8. The van der Waals surface area contributed by atoms with Crippen LogP contribution in [0.1, 0.15) is 87.2 Å². The highest BCUT2D eigenvalue weighted by Gasteiger charge is 2.24. The first-order valence-electron chi connectivity index (χ1n) is 17.5. The first kappa shape index (κ1) is 33.7. The predicted molar refractivity (Wildman–Crippen MR) is 193 cm³/mol. The number of hydrogen-bond acceptors (Lipinski definition) is 8. The average molecular weight is 691 g/mol. The molecule has 0 saturated heterocycles. The molecule has 7 rings (SSSR count). The summed E-state index contributed by atoms with van der Waals surface area (Å²) in [5.74, 6) is -0.320. The number of nitrogens with one attached hydrogen (secondary N) is 2. The number of hydrogen-bond donors (Lipinski definition) is 4. The molecule has 3 amide bonds. The summed E-state index contributed by atoms with van der Waals surface area (Å²) in [7, 11) is 0. The molecule has 0 unspecified atom stereocenters. The second kappa shape index (κ2) is 14.2. The van der Waals surface area contributed by atoms with Crippen LogP contribution in [0.4, 0.5) is 11.9 Å². The number of nitrogens with two attached hydrogens (primary N) is 2. The zero-order valence-corrected chi connectivity index (χ0v) is 28.9. The smallest absolute Gasteiger partial charge is 0.276 e. The number of para-hydroxylation sites is 1. The second-order valence-corrected chi connectivity index (χ2v) is 12.8. The average Bonchev–Trinajstić information content (AvgIpc) is 3.89. The maximum Gasteiger partial charge on any atom is 0.276 e. The van der Waals surface area contributed by atoms with Crippen molar-refractivity contribution in [1.29, 1.82) is 0 Å². The maximum atomic E-state index is 14.1. The van der Waals surface area contributed by atoms with Gasteiger partial charge in [-0.2, -0.15) is 10.2 Å². The Bertz CT molecular complexity index is 2270. The lowest BCUT2D eigenvalue weighted by atomic mass is 10.0. The van der Waals surface area contributed by atoms with E-state index in [0.717, 1.165) is 52.6 Å². The fraction of sp³-hybridized carbons (Fsp3) is 0.361. The van der Waals surface area contributed by atoms with Gasteiger partial charge < -0.3 is 20.6 Å². The minimum absolute atomic E-state index is 0.286. The van der Waals surface area contributed by atoms with E-state index in [1.807, 2.05) is 47.2 Å². The fourth-order valence-corrected chi connectivity index (χ4v) is 7.01. The van der Waals surface area contributed by atoms with Crippen LogP contribution in [0.25, 0.3) is 22.1 Å². The van der Waals surface area contributed by atoms with Gasteiger partial charge in [-0.3, -0.25) is 34.4 Å². The molecular weight excluding hydrogens is 648 g/mol. The number of amides is 3. The second-order valence-electron chi connectivity index (χ2n) is 12.8. The minimum atomic E-state index is -0.554. The van der Waals surface area contributed by atoms with Gasteiger partial charge in [-0.05, 0) is 81.8 Å². The zero-order valence-electron chi connectivity index (χ0n) is 28.9. The van der Waals surface area contributed by atoms with E-state index in [1.165, 1.54) is 0 Å². The Morgan fingerprint density at radius 3 is 2.39 bits per heavy atom. The van der Waals surface area contributed by atoms with E-state index in [1.54, 1.807) is 33.8 Å². The lowest BCUT2D eigenvalue weighted by molar-refractivity contribution is 0.0994. The van der Waals surface area contributed by atoms with Crippen molar-refractivity contribution in [2.75, 3.05) is 10.6 Å². The highest BCUT2D eigenvalue weighted by atomic mass is 16.2. The first-order valence-corrected chi connectivity index (χ1v) is 17.5. The van der Waals surface area contributed by atoms with Crippen molar-refractivity contribution in [3.05, 3.63) is 82.4 Å². The number of rotatable bonds is 3. The number of carbonyl (C=O) groups is 3. The van der Waals surface area contributed by atoms with Gasteiger partial charge in [-0.25, -0.2) is 9.97 Å². The molecule has 5 heterocycles. The molecule has 51 heavy (non-hydrogen) atoms. The largest absolute Gasteiger partial charge is 0.366 e.